The second kappa shape index (κ2) is 7.53. The Morgan fingerprint density at radius 2 is 1.85 bits per heavy atom. The van der Waals surface area contributed by atoms with Crippen molar-refractivity contribution in [2.45, 2.75) is 45.1 Å². The number of quaternary nitrogens is 1. The highest BCUT2D eigenvalue weighted by atomic mass is 16.5. The smallest absolute Gasteiger partial charge is 0.160 e. The number of hydrogen-bond donors (Lipinski definition) is 1. The summed E-state index contributed by atoms with van der Waals surface area (Å²) in [4.78, 5) is 0. The molecule has 1 aromatic carbocycles. The van der Waals surface area contributed by atoms with Gasteiger partial charge in [-0.1, -0.05) is 19.4 Å². The van der Waals surface area contributed by atoms with Gasteiger partial charge in [-0.25, -0.2) is 0 Å². The molecule has 3 nitrogen and oxygen atoms in total. The van der Waals surface area contributed by atoms with Gasteiger partial charge in [0, 0.05) is 12.3 Å². The van der Waals surface area contributed by atoms with Gasteiger partial charge in [0.05, 0.1) is 26.8 Å². The average Bonchev–Trinajstić information content (AvgIpc) is 2.49. The van der Waals surface area contributed by atoms with Crippen molar-refractivity contribution >= 4 is 0 Å². The van der Waals surface area contributed by atoms with Crippen molar-refractivity contribution in [3.63, 3.8) is 0 Å². The average molecular weight is 278 g/mol. The molecule has 1 saturated carbocycles. The molecular formula is C17H28NO2+. The fourth-order valence-corrected chi connectivity index (χ4v) is 3.20. The number of benzene rings is 1. The lowest BCUT2D eigenvalue weighted by atomic mass is 9.86. The second-order valence-electron chi connectivity index (χ2n) is 5.89. The summed E-state index contributed by atoms with van der Waals surface area (Å²) in [5.41, 5.74) is 1.32. The minimum Gasteiger partial charge on any atom is -0.493 e. The molecule has 20 heavy (non-hydrogen) atoms. The molecule has 0 spiro atoms. The van der Waals surface area contributed by atoms with E-state index in [9.17, 15) is 0 Å². The Morgan fingerprint density at radius 1 is 1.10 bits per heavy atom. The Hall–Kier alpha value is -1.22. The maximum atomic E-state index is 5.36. The Labute approximate surface area is 122 Å². The molecular weight excluding hydrogens is 250 g/mol. The number of hydrogen-bond acceptors (Lipinski definition) is 2. The standard InChI is InChI=1S/C17H27NO2/c1-13-6-4-5-7-15(13)18-11-10-14-8-9-16(19-2)17(12-14)20-3/h8-9,12-13,15,18H,4-7,10-11H2,1-3H3/p+1/t13-,15+/m1/s1. The number of methoxy groups -OCH3 is 2. The van der Waals surface area contributed by atoms with E-state index >= 15 is 0 Å². The fraction of sp³-hybridized carbons (Fsp3) is 0.647. The quantitative estimate of drug-likeness (QED) is 0.867. The van der Waals surface area contributed by atoms with Gasteiger partial charge >= 0.3 is 0 Å². The van der Waals surface area contributed by atoms with E-state index in [1.165, 1.54) is 31.2 Å². The molecule has 2 rings (SSSR count). The third kappa shape index (κ3) is 3.89. The zero-order valence-electron chi connectivity index (χ0n) is 13.0. The SMILES string of the molecule is COc1ccc(CC[NH2+][C@H]2CCCC[C@H]2C)cc1OC. The van der Waals surface area contributed by atoms with Gasteiger partial charge in [-0.15, -0.1) is 0 Å². The summed E-state index contributed by atoms with van der Waals surface area (Å²) in [7, 11) is 3.37. The first kappa shape index (κ1) is 15.2. The number of ether oxygens (including phenoxy) is 2. The van der Waals surface area contributed by atoms with Crippen molar-refractivity contribution in [2.75, 3.05) is 20.8 Å². The van der Waals surface area contributed by atoms with Gasteiger partial charge in [0.2, 0.25) is 0 Å². The summed E-state index contributed by atoms with van der Waals surface area (Å²) in [5, 5.41) is 2.54. The van der Waals surface area contributed by atoms with Crippen LogP contribution in [0, 0.1) is 5.92 Å². The number of rotatable bonds is 6. The van der Waals surface area contributed by atoms with Gasteiger partial charge in [-0.2, -0.15) is 0 Å². The molecule has 0 saturated heterocycles. The summed E-state index contributed by atoms with van der Waals surface area (Å²) in [6.45, 7) is 3.56. The molecule has 1 aliphatic carbocycles. The first-order valence-corrected chi connectivity index (χ1v) is 7.79. The van der Waals surface area contributed by atoms with Crippen molar-refractivity contribution in [1.29, 1.82) is 0 Å². The molecule has 112 valence electrons. The van der Waals surface area contributed by atoms with Crippen LogP contribution < -0.4 is 14.8 Å². The molecule has 0 radical (unpaired) electrons. The molecule has 2 atom stereocenters. The summed E-state index contributed by atoms with van der Waals surface area (Å²) < 4.78 is 10.6. The van der Waals surface area contributed by atoms with E-state index in [0.29, 0.717) is 0 Å². The van der Waals surface area contributed by atoms with Gasteiger partial charge in [0.1, 0.15) is 0 Å². The summed E-state index contributed by atoms with van der Waals surface area (Å²) in [5.74, 6) is 2.51. The molecule has 1 fully saturated rings. The Kier molecular flexibility index (Phi) is 5.72. The van der Waals surface area contributed by atoms with Crippen molar-refractivity contribution in [2.24, 2.45) is 5.92 Å². The summed E-state index contributed by atoms with van der Waals surface area (Å²) in [6, 6.07) is 7.05. The van der Waals surface area contributed by atoms with Gasteiger partial charge in [-0.05, 0) is 37.0 Å². The van der Waals surface area contributed by atoms with E-state index < -0.39 is 0 Å². The maximum Gasteiger partial charge on any atom is 0.160 e. The molecule has 1 aromatic rings. The first-order valence-electron chi connectivity index (χ1n) is 7.79. The van der Waals surface area contributed by atoms with Crippen molar-refractivity contribution in [3.05, 3.63) is 23.8 Å². The van der Waals surface area contributed by atoms with E-state index in [2.05, 4.69) is 24.4 Å². The van der Waals surface area contributed by atoms with Crippen molar-refractivity contribution in [1.82, 2.24) is 0 Å². The van der Waals surface area contributed by atoms with Crippen LogP contribution >= 0.6 is 0 Å². The van der Waals surface area contributed by atoms with Crippen LogP contribution in [0.1, 0.15) is 38.2 Å². The van der Waals surface area contributed by atoms with E-state index in [4.69, 9.17) is 9.47 Å². The van der Waals surface area contributed by atoms with Gasteiger partial charge < -0.3 is 14.8 Å². The Bertz CT molecular complexity index is 419. The lowest BCUT2D eigenvalue weighted by Crippen LogP contribution is -2.92. The topological polar surface area (TPSA) is 35.1 Å². The highest BCUT2D eigenvalue weighted by molar-refractivity contribution is 5.42. The van der Waals surface area contributed by atoms with E-state index in [1.807, 2.05) is 6.07 Å². The third-order valence-electron chi connectivity index (χ3n) is 4.53. The van der Waals surface area contributed by atoms with Crippen LogP contribution in [0.25, 0.3) is 0 Å². The molecule has 0 aliphatic heterocycles. The Morgan fingerprint density at radius 3 is 2.55 bits per heavy atom. The maximum absolute atomic E-state index is 5.36. The minimum atomic E-state index is 0.807. The van der Waals surface area contributed by atoms with Crippen LogP contribution in [0.15, 0.2) is 18.2 Å². The highest BCUT2D eigenvalue weighted by Gasteiger charge is 2.23. The molecule has 0 bridgehead atoms. The Balaban J connectivity index is 1.84. The van der Waals surface area contributed by atoms with Gasteiger partial charge in [0.25, 0.3) is 0 Å². The minimum absolute atomic E-state index is 0.807. The molecule has 2 N–H and O–H groups in total. The zero-order valence-corrected chi connectivity index (χ0v) is 13.0. The summed E-state index contributed by atoms with van der Waals surface area (Å²) in [6.07, 6.45) is 6.69. The molecule has 0 unspecified atom stereocenters. The van der Waals surface area contributed by atoms with E-state index in [0.717, 1.165) is 36.4 Å². The van der Waals surface area contributed by atoms with Crippen LogP contribution in [0.3, 0.4) is 0 Å². The lowest BCUT2D eigenvalue weighted by Gasteiger charge is -2.26. The van der Waals surface area contributed by atoms with Crippen LogP contribution in [-0.4, -0.2) is 26.8 Å². The predicted octanol–water partition coefficient (Wildman–Crippen LogP) is 2.39. The van der Waals surface area contributed by atoms with Gasteiger partial charge in [0.15, 0.2) is 11.5 Å². The van der Waals surface area contributed by atoms with Crippen molar-refractivity contribution in [3.8, 4) is 11.5 Å². The van der Waals surface area contributed by atoms with Crippen LogP contribution in [0.4, 0.5) is 0 Å². The van der Waals surface area contributed by atoms with Crippen LogP contribution in [0.2, 0.25) is 0 Å². The van der Waals surface area contributed by atoms with E-state index in [-0.39, 0.29) is 0 Å². The molecule has 3 heteroatoms. The van der Waals surface area contributed by atoms with Gasteiger partial charge in [-0.3, -0.25) is 0 Å². The monoisotopic (exact) mass is 278 g/mol. The summed E-state index contributed by atoms with van der Waals surface area (Å²) >= 11 is 0. The van der Waals surface area contributed by atoms with Crippen LogP contribution in [0.5, 0.6) is 11.5 Å². The predicted molar refractivity (Wildman–Crippen MR) is 81.5 cm³/mol. The molecule has 0 heterocycles. The first-order chi connectivity index (χ1) is 9.74. The normalized spacial score (nSPS) is 22.6. The number of nitrogens with two attached hydrogens (primary N) is 1. The lowest BCUT2D eigenvalue weighted by molar-refractivity contribution is -0.697. The third-order valence-corrected chi connectivity index (χ3v) is 4.53. The fourth-order valence-electron chi connectivity index (χ4n) is 3.20. The van der Waals surface area contributed by atoms with Crippen LogP contribution in [-0.2, 0) is 6.42 Å². The zero-order chi connectivity index (χ0) is 14.4. The second-order valence-corrected chi connectivity index (χ2v) is 5.89. The molecule has 0 amide bonds. The largest absolute Gasteiger partial charge is 0.493 e. The highest BCUT2D eigenvalue weighted by Crippen LogP contribution is 2.27. The molecule has 0 aromatic heterocycles. The van der Waals surface area contributed by atoms with Crippen molar-refractivity contribution < 1.29 is 14.8 Å². The molecule has 1 aliphatic rings. The van der Waals surface area contributed by atoms with E-state index in [1.54, 1.807) is 14.2 Å².